The average Bonchev–Trinajstić information content (AvgIpc) is 3.12. The molecule has 0 saturated heterocycles. The first-order chi connectivity index (χ1) is 12.8. The largest absolute Gasteiger partial charge is 0.472 e. The fourth-order valence-electron chi connectivity index (χ4n) is 3.28. The smallest absolute Gasteiger partial charge is 0.192 e. The van der Waals surface area contributed by atoms with Gasteiger partial charge in [0.2, 0.25) is 0 Å². The summed E-state index contributed by atoms with van der Waals surface area (Å²) >= 11 is 0. The van der Waals surface area contributed by atoms with Gasteiger partial charge >= 0.3 is 0 Å². The molecule has 0 aliphatic rings. The highest BCUT2D eigenvalue weighted by Gasteiger charge is 2.39. The van der Waals surface area contributed by atoms with E-state index in [-0.39, 0.29) is 11.1 Å². The van der Waals surface area contributed by atoms with Crippen molar-refractivity contribution in [2.24, 2.45) is 0 Å². The summed E-state index contributed by atoms with van der Waals surface area (Å²) in [6, 6.07) is 2.08. The molecule has 0 radical (unpaired) electrons. The van der Waals surface area contributed by atoms with E-state index < -0.39 is 8.32 Å². The van der Waals surface area contributed by atoms with Crippen molar-refractivity contribution in [2.45, 2.75) is 129 Å². The highest BCUT2D eigenvalue weighted by Crippen LogP contribution is 2.41. The zero-order chi connectivity index (χ0) is 20.2. The maximum atomic E-state index is 6.72. The minimum Gasteiger partial charge on any atom is -0.472 e. The van der Waals surface area contributed by atoms with E-state index in [1.54, 1.807) is 6.26 Å². The Hall–Kier alpha value is -0.543. The van der Waals surface area contributed by atoms with Gasteiger partial charge in [-0.05, 0) is 30.6 Å². The van der Waals surface area contributed by atoms with Gasteiger partial charge in [0.05, 0.1) is 18.6 Å². The monoisotopic (exact) mass is 394 g/mol. The quantitative estimate of drug-likeness (QED) is 0.218. The van der Waals surface area contributed by atoms with Crippen LogP contribution in [-0.4, -0.2) is 8.32 Å². The second-order valence-corrected chi connectivity index (χ2v) is 14.5. The summed E-state index contributed by atoms with van der Waals surface area (Å²) in [4.78, 5) is 0. The van der Waals surface area contributed by atoms with Crippen LogP contribution < -0.4 is 0 Å². The lowest BCUT2D eigenvalue weighted by atomic mass is 10.0. The Bertz CT molecular complexity index is 459. The molecule has 2 nitrogen and oxygen atoms in total. The van der Waals surface area contributed by atoms with Gasteiger partial charge in [-0.3, -0.25) is 0 Å². The third-order valence-corrected chi connectivity index (χ3v) is 10.7. The zero-order valence-electron chi connectivity index (χ0n) is 19.1. The Kier molecular flexibility index (Phi) is 11.6. The standard InChI is InChI=1S/C24H46O2Si/c1-7-8-9-10-11-12-13-14-15-16-17-18-23(22-19-20-25-21-22)26-27(5,6)24(2,3)4/h19-21,23H,7-18H2,1-6H3. The number of hydrogen-bond acceptors (Lipinski definition) is 2. The van der Waals surface area contributed by atoms with E-state index in [2.05, 4.69) is 46.9 Å². The van der Waals surface area contributed by atoms with Crippen LogP contribution in [0.2, 0.25) is 18.1 Å². The highest BCUT2D eigenvalue weighted by atomic mass is 28.4. The molecule has 0 saturated carbocycles. The zero-order valence-corrected chi connectivity index (χ0v) is 20.1. The summed E-state index contributed by atoms with van der Waals surface area (Å²) in [6.45, 7) is 13.9. The molecular formula is C24H46O2Si. The topological polar surface area (TPSA) is 22.4 Å². The Labute approximate surface area is 170 Å². The molecule has 1 heterocycles. The average molecular weight is 395 g/mol. The molecule has 0 aliphatic heterocycles. The molecule has 0 fully saturated rings. The van der Waals surface area contributed by atoms with E-state index in [4.69, 9.17) is 8.84 Å². The van der Waals surface area contributed by atoms with Gasteiger partial charge in [-0.15, -0.1) is 0 Å². The van der Waals surface area contributed by atoms with Crippen LogP contribution in [0, 0.1) is 0 Å². The van der Waals surface area contributed by atoms with Gasteiger partial charge in [-0.2, -0.15) is 0 Å². The Morgan fingerprint density at radius 2 is 1.41 bits per heavy atom. The molecule has 1 atom stereocenters. The molecule has 0 aliphatic carbocycles. The molecule has 1 rings (SSSR count). The van der Waals surface area contributed by atoms with Crippen LogP contribution in [0.25, 0.3) is 0 Å². The van der Waals surface area contributed by atoms with E-state index in [9.17, 15) is 0 Å². The summed E-state index contributed by atoms with van der Waals surface area (Å²) in [5.74, 6) is 0. The third-order valence-electron chi connectivity index (χ3n) is 6.23. The van der Waals surface area contributed by atoms with Crippen molar-refractivity contribution in [1.82, 2.24) is 0 Å². The van der Waals surface area contributed by atoms with Gasteiger partial charge in [-0.1, -0.05) is 98.3 Å². The summed E-state index contributed by atoms with van der Waals surface area (Å²) < 4.78 is 12.1. The van der Waals surface area contributed by atoms with Gasteiger partial charge in [0.1, 0.15) is 0 Å². The van der Waals surface area contributed by atoms with Gasteiger partial charge < -0.3 is 8.84 Å². The predicted octanol–water partition coefficient (Wildman–Crippen LogP) is 9.04. The SMILES string of the molecule is CCCCCCCCCCCCCC(O[Si](C)(C)C(C)(C)C)c1ccoc1. The van der Waals surface area contributed by atoms with E-state index in [0.29, 0.717) is 0 Å². The maximum Gasteiger partial charge on any atom is 0.192 e. The van der Waals surface area contributed by atoms with E-state index >= 15 is 0 Å². The highest BCUT2D eigenvalue weighted by molar-refractivity contribution is 6.74. The minimum absolute atomic E-state index is 0.197. The third kappa shape index (κ3) is 9.98. The molecule has 3 heteroatoms. The molecule has 0 aromatic carbocycles. The van der Waals surface area contributed by atoms with Crippen LogP contribution in [0.4, 0.5) is 0 Å². The molecule has 1 aromatic rings. The van der Waals surface area contributed by atoms with Crippen molar-refractivity contribution >= 4 is 8.32 Å². The molecule has 0 bridgehead atoms. The summed E-state index contributed by atoms with van der Waals surface area (Å²) in [7, 11) is -1.77. The second kappa shape index (κ2) is 12.8. The molecule has 27 heavy (non-hydrogen) atoms. The lowest BCUT2D eigenvalue weighted by molar-refractivity contribution is 0.169. The van der Waals surface area contributed by atoms with E-state index in [1.165, 1.54) is 76.2 Å². The van der Waals surface area contributed by atoms with E-state index in [0.717, 1.165) is 6.42 Å². The van der Waals surface area contributed by atoms with Gasteiger partial charge in [0.15, 0.2) is 8.32 Å². The van der Waals surface area contributed by atoms with E-state index in [1.807, 2.05) is 6.26 Å². The van der Waals surface area contributed by atoms with Crippen LogP contribution in [0.3, 0.4) is 0 Å². The van der Waals surface area contributed by atoms with Crippen molar-refractivity contribution in [3.63, 3.8) is 0 Å². The summed E-state index contributed by atoms with van der Waals surface area (Å²) in [6.07, 6.45) is 20.2. The number of unbranched alkanes of at least 4 members (excludes halogenated alkanes) is 10. The van der Waals surface area contributed by atoms with Crippen molar-refractivity contribution in [2.75, 3.05) is 0 Å². The predicted molar refractivity (Wildman–Crippen MR) is 121 cm³/mol. The van der Waals surface area contributed by atoms with Gasteiger partial charge in [-0.25, -0.2) is 0 Å². The lowest BCUT2D eigenvalue weighted by Gasteiger charge is -2.39. The van der Waals surface area contributed by atoms with Crippen LogP contribution in [0.5, 0.6) is 0 Å². The van der Waals surface area contributed by atoms with Crippen LogP contribution >= 0.6 is 0 Å². The molecule has 1 aromatic heterocycles. The van der Waals surface area contributed by atoms with Gasteiger partial charge in [0, 0.05) is 5.56 Å². The Balaban J connectivity index is 2.25. The first-order valence-electron chi connectivity index (χ1n) is 11.5. The second-order valence-electron chi connectivity index (χ2n) is 9.75. The first kappa shape index (κ1) is 24.5. The normalized spacial score (nSPS) is 13.9. The fraction of sp³-hybridized carbons (Fsp3) is 0.833. The maximum absolute atomic E-state index is 6.72. The van der Waals surface area contributed by atoms with Gasteiger partial charge in [0.25, 0.3) is 0 Å². The molecule has 0 spiro atoms. The number of hydrogen-bond donors (Lipinski definition) is 0. The van der Waals surface area contributed by atoms with Crippen molar-refractivity contribution in [3.8, 4) is 0 Å². The Morgan fingerprint density at radius 1 is 0.889 bits per heavy atom. The number of rotatable bonds is 15. The van der Waals surface area contributed by atoms with Crippen LogP contribution in [-0.2, 0) is 4.43 Å². The van der Waals surface area contributed by atoms with Crippen molar-refractivity contribution < 1.29 is 8.84 Å². The van der Waals surface area contributed by atoms with Crippen LogP contribution in [0.15, 0.2) is 23.0 Å². The Morgan fingerprint density at radius 3 is 1.85 bits per heavy atom. The molecule has 1 unspecified atom stereocenters. The molecule has 0 N–H and O–H groups in total. The van der Waals surface area contributed by atoms with Crippen molar-refractivity contribution in [1.29, 1.82) is 0 Å². The molecule has 158 valence electrons. The summed E-state index contributed by atoms with van der Waals surface area (Å²) in [5, 5.41) is 0.242. The summed E-state index contributed by atoms with van der Waals surface area (Å²) in [5.41, 5.74) is 1.21. The molecular weight excluding hydrogens is 348 g/mol. The number of furan rings is 1. The fourth-order valence-corrected chi connectivity index (χ4v) is 4.60. The first-order valence-corrected chi connectivity index (χ1v) is 14.4. The van der Waals surface area contributed by atoms with Crippen molar-refractivity contribution in [3.05, 3.63) is 24.2 Å². The minimum atomic E-state index is -1.77. The lowest BCUT2D eigenvalue weighted by Crippen LogP contribution is -2.41. The van der Waals surface area contributed by atoms with Crippen LogP contribution in [0.1, 0.15) is 116 Å². The molecule has 0 amide bonds.